The fourth-order valence-electron chi connectivity index (χ4n) is 2.84. The van der Waals surface area contributed by atoms with Crippen molar-refractivity contribution in [3.63, 3.8) is 0 Å². The largest absolute Gasteiger partial charge is 0.307 e. The summed E-state index contributed by atoms with van der Waals surface area (Å²) in [5.41, 5.74) is 3.50. The maximum atomic E-state index is 12.9. The van der Waals surface area contributed by atoms with Gasteiger partial charge in [0, 0.05) is 31.3 Å². The molecular weight excluding hydrogens is 266 g/mol. The summed E-state index contributed by atoms with van der Waals surface area (Å²) in [5, 5.41) is 4.30. The number of carbonyl (C=O) groups is 2. The van der Waals surface area contributed by atoms with E-state index < -0.39 is 0 Å². The van der Waals surface area contributed by atoms with Crippen molar-refractivity contribution in [2.24, 2.45) is 7.05 Å². The summed E-state index contributed by atoms with van der Waals surface area (Å²) < 4.78 is 1.71. The lowest BCUT2D eigenvalue weighted by molar-refractivity contribution is 0.0954. The Bertz CT molecular complexity index is 746. The second-order valence-electron chi connectivity index (χ2n) is 5.32. The number of benzene rings is 1. The minimum Gasteiger partial charge on any atom is -0.307 e. The maximum Gasteiger partial charge on any atom is 0.262 e. The number of aromatic nitrogens is 2. The SMILES string of the molecule is Cc1nn(C)c(C)c1C(=O)N1CCC(=O)c2ccccc21. The molecule has 1 aliphatic rings. The van der Waals surface area contributed by atoms with Gasteiger partial charge in [-0.25, -0.2) is 0 Å². The summed E-state index contributed by atoms with van der Waals surface area (Å²) in [6, 6.07) is 7.28. The lowest BCUT2D eigenvalue weighted by Crippen LogP contribution is -2.37. The molecule has 0 saturated carbocycles. The zero-order valence-electron chi connectivity index (χ0n) is 12.4. The number of fused-ring (bicyclic) bond motifs is 1. The molecule has 108 valence electrons. The number of Topliss-reactive ketones (excluding diaryl/α,β-unsaturated/α-hetero) is 1. The quantitative estimate of drug-likeness (QED) is 0.806. The third-order valence-electron chi connectivity index (χ3n) is 4.03. The highest BCUT2D eigenvalue weighted by molar-refractivity contribution is 6.14. The summed E-state index contributed by atoms with van der Waals surface area (Å²) in [7, 11) is 1.83. The van der Waals surface area contributed by atoms with Gasteiger partial charge in [0.15, 0.2) is 5.78 Å². The predicted octanol–water partition coefficient (Wildman–Crippen LogP) is 2.27. The first-order valence-corrected chi connectivity index (χ1v) is 6.95. The van der Waals surface area contributed by atoms with Crippen molar-refractivity contribution in [2.75, 3.05) is 11.4 Å². The summed E-state index contributed by atoms with van der Waals surface area (Å²) in [6.07, 6.45) is 0.362. The molecule has 0 aliphatic carbocycles. The van der Waals surface area contributed by atoms with Crippen LogP contribution in [0.25, 0.3) is 0 Å². The molecule has 1 aromatic heterocycles. The van der Waals surface area contributed by atoms with Crippen molar-refractivity contribution >= 4 is 17.4 Å². The van der Waals surface area contributed by atoms with E-state index in [0.29, 0.717) is 29.8 Å². The monoisotopic (exact) mass is 283 g/mol. The molecule has 5 heteroatoms. The number of hydrogen-bond donors (Lipinski definition) is 0. The lowest BCUT2D eigenvalue weighted by atomic mass is 9.99. The van der Waals surface area contributed by atoms with Gasteiger partial charge in [0.2, 0.25) is 0 Å². The Labute approximate surface area is 123 Å². The molecule has 21 heavy (non-hydrogen) atoms. The molecule has 5 nitrogen and oxygen atoms in total. The van der Waals surface area contributed by atoms with Gasteiger partial charge >= 0.3 is 0 Å². The summed E-state index contributed by atoms with van der Waals surface area (Å²) in [6.45, 7) is 4.14. The Morgan fingerprint density at radius 1 is 1.24 bits per heavy atom. The molecule has 1 aliphatic heterocycles. The fraction of sp³-hybridized carbons (Fsp3) is 0.312. The van der Waals surface area contributed by atoms with Gasteiger partial charge in [-0.15, -0.1) is 0 Å². The van der Waals surface area contributed by atoms with E-state index in [1.807, 2.05) is 39.1 Å². The van der Waals surface area contributed by atoms with Gasteiger partial charge in [-0.05, 0) is 26.0 Å². The Morgan fingerprint density at radius 2 is 1.95 bits per heavy atom. The molecule has 0 saturated heterocycles. The molecule has 2 heterocycles. The zero-order chi connectivity index (χ0) is 15.1. The average Bonchev–Trinajstić information content (AvgIpc) is 2.72. The molecule has 0 radical (unpaired) electrons. The van der Waals surface area contributed by atoms with Crippen molar-refractivity contribution in [2.45, 2.75) is 20.3 Å². The second kappa shape index (κ2) is 4.84. The molecule has 2 aromatic rings. The Hall–Kier alpha value is -2.43. The predicted molar refractivity (Wildman–Crippen MR) is 79.7 cm³/mol. The van der Waals surface area contributed by atoms with Crippen LogP contribution >= 0.6 is 0 Å². The van der Waals surface area contributed by atoms with Crippen molar-refractivity contribution in [1.29, 1.82) is 0 Å². The number of carbonyl (C=O) groups excluding carboxylic acids is 2. The van der Waals surface area contributed by atoms with E-state index in [-0.39, 0.29) is 11.7 Å². The molecule has 3 rings (SSSR count). The molecule has 1 aromatic carbocycles. The number of ketones is 1. The summed E-state index contributed by atoms with van der Waals surface area (Å²) in [5.74, 6) is 0.00679. The van der Waals surface area contributed by atoms with Crippen LogP contribution in [0.15, 0.2) is 24.3 Å². The van der Waals surface area contributed by atoms with E-state index in [1.165, 1.54) is 0 Å². The second-order valence-corrected chi connectivity index (χ2v) is 5.32. The first-order chi connectivity index (χ1) is 10.0. The van der Waals surface area contributed by atoms with Gasteiger partial charge in [0.1, 0.15) is 0 Å². The van der Waals surface area contributed by atoms with Crippen LogP contribution in [0.1, 0.15) is 38.5 Å². The Balaban J connectivity index is 2.07. The highest BCUT2D eigenvalue weighted by Gasteiger charge is 2.30. The van der Waals surface area contributed by atoms with Crippen molar-refractivity contribution in [3.05, 3.63) is 46.8 Å². The van der Waals surface area contributed by atoms with E-state index in [0.717, 1.165) is 11.4 Å². The number of amides is 1. The van der Waals surface area contributed by atoms with E-state index in [1.54, 1.807) is 15.6 Å². The Morgan fingerprint density at radius 3 is 2.62 bits per heavy atom. The van der Waals surface area contributed by atoms with E-state index in [2.05, 4.69) is 5.10 Å². The van der Waals surface area contributed by atoms with E-state index in [4.69, 9.17) is 0 Å². The number of hydrogen-bond acceptors (Lipinski definition) is 3. The molecule has 0 N–H and O–H groups in total. The van der Waals surface area contributed by atoms with Crippen LogP contribution in [-0.4, -0.2) is 28.0 Å². The number of rotatable bonds is 1. The average molecular weight is 283 g/mol. The van der Waals surface area contributed by atoms with Gasteiger partial charge in [-0.2, -0.15) is 5.10 Å². The lowest BCUT2D eigenvalue weighted by Gasteiger charge is -2.28. The molecular formula is C16H17N3O2. The molecule has 0 atom stereocenters. The summed E-state index contributed by atoms with van der Waals surface area (Å²) in [4.78, 5) is 26.5. The van der Waals surface area contributed by atoms with Crippen LogP contribution in [0.5, 0.6) is 0 Å². The molecule has 1 amide bonds. The smallest absolute Gasteiger partial charge is 0.262 e. The van der Waals surface area contributed by atoms with Gasteiger partial charge in [0.25, 0.3) is 5.91 Å². The van der Waals surface area contributed by atoms with Crippen molar-refractivity contribution < 1.29 is 9.59 Å². The van der Waals surface area contributed by atoms with Crippen molar-refractivity contribution in [3.8, 4) is 0 Å². The normalized spacial score (nSPS) is 14.2. The fourth-order valence-corrected chi connectivity index (χ4v) is 2.84. The number of aryl methyl sites for hydroxylation is 2. The highest BCUT2D eigenvalue weighted by atomic mass is 16.2. The zero-order valence-corrected chi connectivity index (χ0v) is 12.4. The Kier molecular flexibility index (Phi) is 3.12. The van der Waals surface area contributed by atoms with E-state index >= 15 is 0 Å². The number of nitrogens with zero attached hydrogens (tertiary/aromatic N) is 3. The topological polar surface area (TPSA) is 55.2 Å². The van der Waals surface area contributed by atoms with Crippen LogP contribution < -0.4 is 4.90 Å². The first kappa shape index (κ1) is 13.5. The molecule has 0 bridgehead atoms. The third-order valence-corrected chi connectivity index (χ3v) is 4.03. The number of para-hydroxylation sites is 1. The van der Waals surface area contributed by atoms with Crippen LogP contribution in [0.3, 0.4) is 0 Å². The van der Waals surface area contributed by atoms with Crippen LogP contribution in [-0.2, 0) is 7.05 Å². The molecule has 0 unspecified atom stereocenters. The molecule has 0 fully saturated rings. The van der Waals surface area contributed by atoms with Gasteiger partial charge < -0.3 is 4.90 Å². The maximum absolute atomic E-state index is 12.9. The van der Waals surface area contributed by atoms with E-state index in [9.17, 15) is 9.59 Å². The first-order valence-electron chi connectivity index (χ1n) is 6.95. The van der Waals surface area contributed by atoms with Crippen LogP contribution in [0.2, 0.25) is 0 Å². The number of anilines is 1. The van der Waals surface area contributed by atoms with Crippen LogP contribution in [0.4, 0.5) is 5.69 Å². The molecule has 0 spiro atoms. The third kappa shape index (κ3) is 2.05. The summed E-state index contributed by atoms with van der Waals surface area (Å²) >= 11 is 0. The van der Waals surface area contributed by atoms with Crippen molar-refractivity contribution in [1.82, 2.24) is 9.78 Å². The standard InChI is InChI=1S/C16H17N3O2/c1-10-15(11(2)18(3)17-10)16(21)19-9-8-14(20)12-6-4-5-7-13(12)19/h4-7H,8-9H2,1-3H3. The minimum atomic E-state index is -0.0851. The van der Waals surface area contributed by atoms with Gasteiger partial charge in [0.05, 0.1) is 16.9 Å². The van der Waals surface area contributed by atoms with Gasteiger partial charge in [-0.1, -0.05) is 12.1 Å². The van der Waals surface area contributed by atoms with Crippen LogP contribution in [0, 0.1) is 13.8 Å². The van der Waals surface area contributed by atoms with Gasteiger partial charge in [-0.3, -0.25) is 14.3 Å². The highest BCUT2D eigenvalue weighted by Crippen LogP contribution is 2.29. The minimum absolute atomic E-state index is 0.0851.